The Balaban J connectivity index is 3.37. The summed E-state index contributed by atoms with van der Waals surface area (Å²) in [4.78, 5) is 24.6. The SMILES string of the molecule is CCCCCCCCCCCCCCCCCCCCCCCC(O)C(CO)NC(=O)CCCCCCCCCCCCC/C=C\CCCCCCCCCCCCCCOC(=O)CCCCCCCCCCCCCCCCCC. The van der Waals surface area contributed by atoms with Gasteiger partial charge in [0.1, 0.15) is 0 Å². The van der Waals surface area contributed by atoms with Crippen molar-refractivity contribution in [2.24, 2.45) is 0 Å². The van der Waals surface area contributed by atoms with Gasteiger partial charge in [-0.2, -0.15) is 0 Å². The molecule has 3 N–H and O–H groups in total. The molecule has 0 radical (unpaired) electrons. The van der Waals surface area contributed by atoms with E-state index in [1.807, 2.05) is 0 Å². The smallest absolute Gasteiger partial charge is 0.305 e. The van der Waals surface area contributed by atoms with Crippen molar-refractivity contribution in [1.29, 1.82) is 0 Å². The van der Waals surface area contributed by atoms with Crippen LogP contribution < -0.4 is 5.32 Å². The van der Waals surface area contributed by atoms with E-state index in [4.69, 9.17) is 4.74 Å². The fourth-order valence-electron chi connectivity index (χ4n) is 12.1. The van der Waals surface area contributed by atoms with E-state index < -0.39 is 12.1 Å². The third-order valence-electron chi connectivity index (χ3n) is 17.8. The summed E-state index contributed by atoms with van der Waals surface area (Å²) in [7, 11) is 0. The highest BCUT2D eigenvalue weighted by atomic mass is 16.5. The Hall–Kier alpha value is -1.40. The number of ether oxygens (including phenoxy) is 1. The number of nitrogens with one attached hydrogen (secondary N) is 1. The van der Waals surface area contributed by atoms with Crippen LogP contribution in [0.15, 0.2) is 12.2 Å². The first-order valence-electron chi connectivity index (χ1n) is 37.4. The summed E-state index contributed by atoms with van der Waals surface area (Å²) in [6.07, 6.45) is 88.5. The zero-order valence-electron chi connectivity index (χ0n) is 55.3. The lowest BCUT2D eigenvalue weighted by atomic mass is 10.0. The molecule has 2 unspecified atom stereocenters. The monoisotopic (exact) mass is 1140 g/mol. The molecule has 6 heteroatoms. The molecule has 1 amide bonds. The Labute approximate surface area is 508 Å². The second-order valence-corrected chi connectivity index (χ2v) is 26.0. The van der Waals surface area contributed by atoms with Gasteiger partial charge in [-0.15, -0.1) is 0 Å². The predicted octanol–water partition coefficient (Wildman–Crippen LogP) is 24.3. The van der Waals surface area contributed by atoms with Crippen LogP contribution >= 0.6 is 0 Å². The number of rotatable bonds is 71. The van der Waals surface area contributed by atoms with Crippen molar-refractivity contribution in [3.8, 4) is 0 Å². The predicted molar refractivity (Wildman–Crippen MR) is 357 cm³/mol. The van der Waals surface area contributed by atoms with Gasteiger partial charge in [-0.25, -0.2) is 0 Å². The summed E-state index contributed by atoms with van der Waals surface area (Å²) >= 11 is 0. The van der Waals surface area contributed by atoms with Crippen LogP contribution in [0.5, 0.6) is 0 Å². The van der Waals surface area contributed by atoms with Gasteiger partial charge in [0.2, 0.25) is 5.91 Å². The van der Waals surface area contributed by atoms with Crippen molar-refractivity contribution in [2.75, 3.05) is 13.2 Å². The molecule has 482 valence electrons. The molecule has 0 saturated carbocycles. The van der Waals surface area contributed by atoms with Gasteiger partial charge in [-0.1, -0.05) is 379 Å². The van der Waals surface area contributed by atoms with Crippen LogP contribution in [0.4, 0.5) is 0 Å². The fourth-order valence-corrected chi connectivity index (χ4v) is 12.1. The van der Waals surface area contributed by atoms with Crippen LogP contribution in [0.3, 0.4) is 0 Å². The standard InChI is InChI=1S/C75H147NO5/c1-3-5-7-9-11-13-15-17-19-21-22-30-33-36-39-43-47-51-55-59-63-67-73(78)72(71-77)76-74(79)68-64-60-56-52-48-44-40-37-34-31-28-26-24-23-25-27-29-32-35-38-42-46-50-54-58-62-66-70-81-75(80)69-65-61-57-53-49-45-41-20-18-16-14-12-10-8-6-4-2/h23-24,72-73,77-78H,3-22,25-71H2,1-2H3,(H,76,79)/b24-23-. The van der Waals surface area contributed by atoms with Crippen LogP contribution in [0.2, 0.25) is 0 Å². The van der Waals surface area contributed by atoms with E-state index in [1.165, 1.54) is 360 Å². The topological polar surface area (TPSA) is 95.9 Å². The van der Waals surface area contributed by atoms with E-state index in [2.05, 4.69) is 31.3 Å². The van der Waals surface area contributed by atoms with Gasteiger partial charge in [-0.3, -0.25) is 9.59 Å². The molecule has 81 heavy (non-hydrogen) atoms. The average Bonchev–Trinajstić information content (AvgIpc) is 3.47. The maximum Gasteiger partial charge on any atom is 0.305 e. The van der Waals surface area contributed by atoms with Crippen LogP contribution in [-0.2, 0) is 14.3 Å². The average molecular weight is 1140 g/mol. The highest BCUT2D eigenvalue weighted by Crippen LogP contribution is 2.20. The van der Waals surface area contributed by atoms with E-state index >= 15 is 0 Å². The van der Waals surface area contributed by atoms with Gasteiger partial charge in [0.15, 0.2) is 0 Å². The zero-order valence-corrected chi connectivity index (χ0v) is 55.3. The maximum absolute atomic E-state index is 12.6. The number of carbonyl (C=O) groups excluding carboxylic acids is 2. The molecule has 0 aliphatic carbocycles. The molecule has 0 aromatic heterocycles. The van der Waals surface area contributed by atoms with E-state index in [0.29, 0.717) is 25.9 Å². The lowest BCUT2D eigenvalue weighted by Gasteiger charge is -2.22. The molecular weight excluding hydrogens is 995 g/mol. The molecule has 0 heterocycles. The van der Waals surface area contributed by atoms with Crippen LogP contribution in [0.1, 0.15) is 431 Å². The molecular formula is C75H147NO5. The molecule has 0 spiro atoms. The first-order chi connectivity index (χ1) is 40.0. The number of aliphatic hydroxyl groups excluding tert-OH is 2. The maximum atomic E-state index is 12.6. The third kappa shape index (κ3) is 67.6. The minimum absolute atomic E-state index is 0.0199. The van der Waals surface area contributed by atoms with Crippen molar-refractivity contribution < 1.29 is 24.5 Å². The lowest BCUT2D eigenvalue weighted by Crippen LogP contribution is -2.45. The minimum Gasteiger partial charge on any atom is -0.466 e. The number of allylic oxidation sites excluding steroid dienone is 2. The number of unbranched alkanes of at least 4 members (excludes halogenated alkanes) is 58. The van der Waals surface area contributed by atoms with E-state index in [1.54, 1.807) is 0 Å². The largest absolute Gasteiger partial charge is 0.466 e. The lowest BCUT2D eigenvalue weighted by molar-refractivity contribution is -0.143. The number of esters is 1. The number of hydrogen-bond acceptors (Lipinski definition) is 5. The molecule has 0 rings (SSSR count). The van der Waals surface area contributed by atoms with Gasteiger partial charge in [0, 0.05) is 12.8 Å². The Morgan fingerprint density at radius 3 is 0.877 bits per heavy atom. The molecule has 0 bridgehead atoms. The number of aliphatic hydroxyl groups is 2. The van der Waals surface area contributed by atoms with Gasteiger partial charge >= 0.3 is 5.97 Å². The third-order valence-corrected chi connectivity index (χ3v) is 17.8. The molecule has 0 aliphatic rings. The number of hydrogen-bond donors (Lipinski definition) is 3. The van der Waals surface area contributed by atoms with Gasteiger partial charge in [0.25, 0.3) is 0 Å². The highest BCUT2D eigenvalue weighted by Gasteiger charge is 2.20. The van der Waals surface area contributed by atoms with Crippen molar-refractivity contribution in [1.82, 2.24) is 5.32 Å². The van der Waals surface area contributed by atoms with Crippen LogP contribution in [0, 0.1) is 0 Å². The molecule has 0 saturated heterocycles. The molecule has 0 fully saturated rings. The number of carbonyl (C=O) groups is 2. The minimum atomic E-state index is -0.665. The second-order valence-electron chi connectivity index (χ2n) is 26.0. The van der Waals surface area contributed by atoms with Crippen molar-refractivity contribution in [2.45, 2.75) is 443 Å². The summed E-state index contributed by atoms with van der Waals surface area (Å²) in [5, 5.41) is 23.4. The molecule has 0 aliphatic heterocycles. The summed E-state index contributed by atoms with van der Waals surface area (Å²) in [6.45, 7) is 5.01. The van der Waals surface area contributed by atoms with Crippen molar-refractivity contribution in [3.63, 3.8) is 0 Å². The highest BCUT2D eigenvalue weighted by molar-refractivity contribution is 5.76. The van der Waals surface area contributed by atoms with E-state index in [9.17, 15) is 19.8 Å². The summed E-state index contributed by atoms with van der Waals surface area (Å²) in [5.74, 6) is -0.0107. The van der Waals surface area contributed by atoms with E-state index in [-0.39, 0.29) is 18.5 Å². The molecule has 0 aromatic carbocycles. The van der Waals surface area contributed by atoms with Crippen molar-refractivity contribution >= 4 is 11.9 Å². The Bertz CT molecular complexity index is 1220. The molecule has 0 aromatic rings. The first kappa shape index (κ1) is 79.6. The second kappa shape index (κ2) is 71.1. The summed E-state index contributed by atoms with van der Waals surface area (Å²) in [6, 6.07) is -0.543. The fraction of sp³-hybridized carbons (Fsp3) is 0.947. The zero-order chi connectivity index (χ0) is 58.5. The van der Waals surface area contributed by atoms with Gasteiger partial charge < -0.3 is 20.3 Å². The quantitative estimate of drug-likeness (QED) is 0.0320. The summed E-state index contributed by atoms with van der Waals surface area (Å²) < 4.78 is 5.51. The number of amides is 1. The van der Waals surface area contributed by atoms with Crippen LogP contribution in [0.25, 0.3) is 0 Å². The normalized spacial score (nSPS) is 12.5. The van der Waals surface area contributed by atoms with Crippen LogP contribution in [-0.4, -0.2) is 47.4 Å². The van der Waals surface area contributed by atoms with E-state index in [0.717, 1.165) is 38.5 Å². The Morgan fingerprint density at radius 1 is 0.333 bits per heavy atom. The Kier molecular flexibility index (Phi) is 69.9. The molecule has 6 nitrogen and oxygen atoms in total. The Morgan fingerprint density at radius 2 is 0.580 bits per heavy atom. The van der Waals surface area contributed by atoms with Gasteiger partial charge in [-0.05, 0) is 51.4 Å². The first-order valence-corrected chi connectivity index (χ1v) is 37.4. The van der Waals surface area contributed by atoms with Crippen molar-refractivity contribution in [3.05, 3.63) is 12.2 Å². The summed E-state index contributed by atoms with van der Waals surface area (Å²) in [5.41, 5.74) is 0. The molecule has 2 atom stereocenters. The van der Waals surface area contributed by atoms with Gasteiger partial charge in [0.05, 0.1) is 25.4 Å².